The monoisotopic (exact) mass is 339 g/mol. The first-order valence-electron chi connectivity index (χ1n) is 8.20. The van der Waals surface area contributed by atoms with Crippen molar-refractivity contribution in [3.8, 4) is 11.5 Å². The van der Waals surface area contributed by atoms with Gasteiger partial charge < -0.3 is 19.4 Å². The Morgan fingerprint density at radius 1 is 1.08 bits per heavy atom. The van der Waals surface area contributed by atoms with Gasteiger partial charge >= 0.3 is 0 Å². The molecule has 2 aromatic carbocycles. The highest BCUT2D eigenvalue weighted by atomic mass is 16.5. The summed E-state index contributed by atoms with van der Waals surface area (Å²) in [7, 11) is 1.94. The third kappa shape index (κ3) is 4.09. The lowest BCUT2D eigenvalue weighted by molar-refractivity contribution is -0.123. The largest absolute Gasteiger partial charge is 0.494 e. The molecule has 0 saturated heterocycles. The van der Waals surface area contributed by atoms with E-state index in [0.29, 0.717) is 18.9 Å². The Balaban J connectivity index is 1.51. The summed E-state index contributed by atoms with van der Waals surface area (Å²) in [6.45, 7) is 2.86. The molecule has 3 rings (SSSR count). The van der Waals surface area contributed by atoms with Crippen molar-refractivity contribution in [1.29, 1.82) is 0 Å². The second kappa shape index (κ2) is 7.70. The van der Waals surface area contributed by atoms with Gasteiger partial charge in [-0.05, 0) is 43.3 Å². The van der Waals surface area contributed by atoms with E-state index in [0.717, 1.165) is 22.6 Å². The number of imidazole rings is 1. The van der Waals surface area contributed by atoms with Gasteiger partial charge in [0, 0.05) is 7.05 Å². The SMILES string of the molecule is CCOc1ccc(OCC(=O)NCc2nc3ccccc3n2C)cc1. The second-order valence-corrected chi connectivity index (χ2v) is 5.55. The molecule has 0 aliphatic rings. The number of benzene rings is 2. The van der Waals surface area contributed by atoms with Gasteiger partial charge in [-0.25, -0.2) is 4.98 Å². The zero-order valence-corrected chi connectivity index (χ0v) is 14.4. The molecule has 3 aromatic rings. The average Bonchev–Trinajstić information content (AvgIpc) is 2.96. The third-order valence-electron chi connectivity index (χ3n) is 3.83. The number of para-hydroxylation sites is 2. The predicted molar refractivity (Wildman–Crippen MR) is 95.7 cm³/mol. The average molecular weight is 339 g/mol. The highest BCUT2D eigenvalue weighted by Crippen LogP contribution is 2.17. The summed E-state index contributed by atoms with van der Waals surface area (Å²) in [4.78, 5) is 16.5. The van der Waals surface area contributed by atoms with Crippen LogP contribution in [-0.4, -0.2) is 28.7 Å². The van der Waals surface area contributed by atoms with Gasteiger partial charge in [-0.3, -0.25) is 4.79 Å². The molecular weight excluding hydrogens is 318 g/mol. The fourth-order valence-electron chi connectivity index (χ4n) is 2.53. The zero-order valence-electron chi connectivity index (χ0n) is 14.4. The number of carbonyl (C=O) groups is 1. The van der Waals surface area contributed by atoms with E-state index in [4.69, 9.17) is 9.47 Å². The Bertz CT molecular complexity index is 856. The van der Waals surface area contributed by atoms with E-state index in [2.05, 4.69) is 10.3 Å². The highest BCUT2D eigenvalue weighted by Gasteiger charge is 2.09. The molecule has 0 fully saturated rings. The van der Waals surface area contributed by atoms with Crippen LogP contribution in [0.25, 0.3) is 11.0 Å². The molecule has 1 amide bonds. The Morgan fingerprint density at radius 2 is 1.76 bits per heavy atom. The number of hydrogen-bond donors (Lipinski definition) is 1. The second-order valence-electron chi connectivity index (χ2n) is 5.55. The van der Waals surface area contributed by atoms with Crippen LogP contribution in [0.4, 0.5) is 0 Å². The minimum atomic E-state index is -0.194. The lowest BCUT2D eigenvalue weighted by Gasteiger charge is -2.08. The van der Waals surface area contributed by atoms with Crippen LogP contribution in [0.15, 0.2) is 48.5 Å². The molecule has 0 saturated carbocycles. The quantitative estimate of drug-likeness (QED) is 0.719. The van der Waals surface area contributed by atoms with Crippen molar-refractivity contribution < 1.29 is 14.3 Å². The zero-order chi connectivity index (χ0) is 17.6. The number of nitrogens with zero attached hydrogens (tertiary/aromatic N) is 2. The van der Waals surface area contributed by atoms with Crippen LogP contribution < -0.4 is 14.8 Å². The van der Waals surface area contributed by atoms with Gasteiger partial charge in [-0.2, -0.15) is 0 Å². The van der Waals surface area contributed by atoms with E-state index in [1.807, 2.05) is 54.9 Å². The minimum Gasteiger partial charge on any atom is -0.494 e. The molecular formula is C19H21N3O3. The summed E-state index contributed by atoms with van der Waals surface area (Å²) in [5.41, 5.74) is 1.96. The predicted octanol–water partition coefficient (Wildman–Crippen LogP) is 2.67. The lowest BCUT2D eigenvalue weighted by atomic mass is 10.3. The number of ether oxygens (including phenoxy) is 2. The Labute approximate surface area is 146 Å². The maximum atomic E-state index is 12.0. The van der Waals surface area contributed by atoms with E-state index in [1.54, 1.807) is 12.1 Å². The molecule has 130 valence electrons. The van der Waals surface area contributed by atoms with Gasteiger partial charge in [0.05, 0.1) is 24.2 Å². The summed E-state index contributed by atoms with van der Waals surface area (Å²) >= 11 is 0. The van der Waals surface area contributed by atoms with Crippen LogP contribution in [-0.2, 0) is 18.4 Å². The number of fused-ring (bicyclic) bond motifs is 1. The fourth-order valence-corrected chi connectivity index (χ4v) is 2.53. The molecule has 6 nitrogen and oxygen atoms in total. The molecule has 0 atom stereocenters. The Morgan fingerprint density at radius 3 is 2.44 bits per heavy atom. The van der Waals surface area contributed by atoms with Crippen molar-refractivity contribution in [2.75, 3.05) is 13.2 Å². The summed E-state index contributed by atoms with van der Waals surface area (Å²) in [6, 6.07) is 15.1. The topological polar surface area (TPSA) is 65.4 Å². The molecule has 0 bridgehead atoms. The first kappa shape index (κ1) is 16.8. The molecule has 1 aromatic heterocycles. The van der Waals surface area contributed by atoms with Gasteiger partial charge in [0.25, 0.3) is 5.91 Å². The molecule has 0 spiro atoms. The molecule has 0 unspecified atom stereocenters. The Hall–Kier alpha value is -3.02. The number of nitrogens with one attached hydrogen (secondary N) is 1. The van der Waals surface area contributed by atoms with Crippen LogP contribution in [0.2, 0.25) is 0 Å². The number of rotatable bonds is 7. The highest BCUT2D eigenvalue weighted by molar-refractivity contribution is 5.78. The molecule has 0 radical (unpaired) electrons. The van der Waals surface area contributed by atoms with Gasteiger partial charge in [0.1, 0.15) is 17.3 Å². The van der Waals surface area contributed by atoms with Gasteiger partial charge in [0.2, 0.25) is 0 Å². The van der Waals surface area contributed by atoms with E-state index >= 15 is 0 Å². The number of carbonyl (C=O) groups excluding carboxylic acids is 1. The van der Waals surface area contributed by atoms with E-state index in [9.17, 15) is 4.79 Å². The molecule has 1 N–H and O–H groups in total. The van der Waals surface area contributed by atoms with Crippen LogP contribution in [0.5, 0.6) is 11.5 Å². The van der Waals surface area contributed by atoms with Gasteiger partial charge in [-0.1, -0.05) is 12.1 Å². The first-order chi connectivity index (χ1) is 12.2. The first-order valence-corrected chi connectivity index (χ1v) is 8.20. The normalized spacial score (nSPS) is 10.6. The van der Waals surface area contributed by atoms with Crippen LogP contribution in [0.3, 0.4) is 0 Å². The van der Waals surface area contributed by atoms with Crippen molar-refractivity contribution in [3.05, 3.63) is 54.4 Å². The lowest BCUT2D eigenvalue weighted by Crippen LogP contribution is -2.29. The molecule has 6 heteroatoms. The van der Waals surface area contributed by atoms with Crippen LogP contribution in [0.1, 0.15) is 12.7 Å². The number of aromatic nitrogens is 2. The summed E-state index contributed by atoms with van der Waals surface area (Å²) in [5.74, 6) is 2.01. The van der Waals surface area contributed by atoms with Crippen LogP contribution in [0, 0.1) is 0 Å². The number of hydrogen-bond acceptors (Lipinski definition) is 4. The number of amides is 1. The standard InChI is InChI=1S/C19H21N3O3/c1-3-24-14-8-10-15(11-9-14)25-13-19(23)20-12-18-21-16-6-4-5-7-17(16)22(18)2/h4-11H,3,12-13H2,1-2H3,(H,20,23). The summed E-state index contributed by atoms with van der Waals surface area (Å²) < 4.78 is 12.8. The van der Waals surface area contributed by atoms with Gasteiger partial charge in [-0.15, -0.1) is 0 Å². The third-order valence-corrected chi connectivity index (χ3v) is 3.83. The van der Waals surface area contributed by atoms with E-state index < -0.39 is 0 Å². The van der Waals surface area contributed by atoms with Crippen molar-refractivity contribution in [3.63, 3.8) is 0 Å². The minimum absolute atomic E-state index is 0.0437. The maximum absolute atomic E-state index is 12.0. The van der Waals surface area contributed by atoms with Crippen molar-refractivity contribution in [2.45, 2.75) is 13.5 Å². The van der Waals surface area contributed by atoms with Crippen LogP contribution >= 0.6 is 0 Å². The van der Waals surface area contributed by atoms with Gasteiger partial charge in [0.15, 0.2) is 6.61 Å². The Kier molecular flexibility index (Phi) is 5.18. The summed E-state index contributed by atoms with van der Waals surface area (Å²) in [5, 5.41) is 2.83. The number of aryl methyl sites for hydroxylation is 1. The smallest absolute Gasteiger partial charge is 0.258 e. The maximum Gasteiger partial charge on any atom is 0.258 e. The van der Waals surface area contributed by atoms with Crippen molar-refractivity contribution >= 4 is 16.9 Å². The molecule has 0 aliphatic carbocycles. The fraction of sp³-hybridized carbons (Fsp3) is 0.263. The van der Waals surface area contributed by atoms with Crippen molar-refractivity contribution in [2.24, 2.45) is 7.05 Å². The van der Waals surface area contributed by atoms with Crippen molar-refractivity contribution in [1.82, 2.24) is 14.9 Å². The molecule has 1 heterocycles. The van der Waals surface area contributed by atoms with E-state index in [-0.39, 0.29) is 12.5 Å². The molecule has 25 heavy (non-hydrogen) atoms. The summed E-state index contributed by atoms with van der Waals surface area (Å²) in [6.07, 6.45) is 0. The van der Waals surface area contributed by atoms with E-state index in [1.165, 1.54) is 0 Å². The molecule has 0 aliphatic heterocycles.